The molecule has 2 nitrogen and oxygen atoms in total. The molecule has 0 unspecified atom stereocenters. The van der Waals surface area contributed by atoms with Crippen LogP contribution in [0.4, 0.5) is 0 Å². The van der Waals surface area contributed by atoms with Gasteiger partial charge in [0.1, 0.15) is 11.2 Å². The van der Waals surface area contributed by atoms with Crippen LogP contribution in [0.3, 0.4) is 0 Å². The first-order valence-electron chi connectivity index (χ1n) is 4.18. The number of nitrogens with zero attached hydrogens (tertiary/aromatic N) is 2. The number of aromatic nitrogens is 1. The molecular formula is C11H7ClN2. The highest BCUT2D eigenvalue weighted by molar-refractivity contribution is 6.31. The number of hydrogen-bond acceptors (Lipinski definition) is 2. The average molecular weight is 203 g/mol. The summed E-state index contributed by atoms with van der Waals surface area (Å²) < 4.78 is 0. The second-order valence-electron chi connectivity index (χ2n) is 3.09. The Bertz CT molecular complexity index is 541. The molecule has 14 heavy (non-hydrogen) atoms. The molecule has 2 rings (SSSR count). The van der Waals surface area contributed by atoms with Crippen LogP contribution in [0.15, 0.2) is 24.3 Å². The van der Waals surface area contributed by atoms with E-state index < -0.39 is 0 Å². The first-order valence-corrected chi connectivity index (χ1v) is 4.56. The molecule has 0 amide bonds. The predicted molar refractivity (Wildman–Crippen MR) is 56.2 cm³/mol. The molecule has 2 aromatic rings. The minimum atomic E-state index is 0.273. The molecule has 0 saturated heterocycles. The normalized spacial score (nSPS) is 10.1. The molecule has 0 aliphatic heterocycles. The van der Waals surface area contributed by atoms with Crippen LogP contribution in [0.5, 0.6) is 0 Å². The van der Waals surface area contributed by atoms with Crippen molar-refractivity contribution in [2.45, 2.75) is 6.92 Å². The van der Waals surface area contributed by atoms with E-state index in [1.807, 2.05) is 31.2 Å². The summed E-state index contributed by atoms with van der Waals surface area (Å²) >= 11 is 5.84. The molecule has 1 aromatic carbocycles. The van der Waals surface area contributed by atoms with E-state index in [2.05, 4.69) is 4.98 Å². The molecule has 3 heteroatoms. The fraction of sp³-hybridized carbons (Fsp3) is 0.0909. The second-order valence-corrected chi connectivity index (χ2v) is 3.44. The Hall–Kier alpha value is -1.59. The summed E-state index contributed by atoms with van der Waals surface area (Å²) in [6.45, 7) is 1.97. The van der Waals surface area contributed by atoms with Gasteiger partial charge in [0.25, 0.3) is 0 Å². The fourth-order valence-corrected chi connectivity index (χ4v) is 1.58. The fourth-order valence-electron chi connectivity index (χ4n) is 1.40. The van der Waals surface area contributed by atoms with Gasteiger partial charge in [-0.05, 0) is 18.6 Å². The lowest BCUT2D eigenvalue weighted by Gasteiger charge is -2.02. The highest BCUT2D eigenvalue weighted by Gasteiger charge is 2.04. The monoisotopic (exact) mass is 202 g/mol. The lowest BCUT2D eigenvalue weighted by molar-refractivity contribution is 1.34. The number of benzene rings is 1. The van der Waals surface area contributed by atoms with Crippen LogP contribution in [0.25, 0.3) is 10.9 Å². The van der Waals surface area contributed by atoms with Crippen molar-refractivity contribution in [3.63, 3.8) is 0 Å². The number of nitriles is 1. The van der Waals surface area contributed by atoms with Gasteiger partial charge in [0.2, 0.25) is 0 Å². The quantitative estimate of drug-likeness (QED) is 0.616. The summed E-state index contributed by atoms with van der Waals surface area (Å²) in [5.74, 6) is 0. The van der Waals surface area contributed by atoms with Crippen molar-refractivity contribution in [3.05, 3.63) is 40.5 Å². The summed E-state index contributed by atoms with van der Waals surface area (Å²) in [6, 6.07) is 9.61. The van der Waals surface area contributed by atoms with Crippen LogP contribution in [-0.2, 0) is 0 Å². The average Bonchev–Trinajstić information content (AvgIpc) is 2.19. The molecule has 0 spiro atoms. The summed E-state index contributed by atoms with van der Waals surface area (Å²) in [6.07, 6.45) is 0. The second kappa shape index (κ2) is 3.28. The lowest BCUT2D eigenvalue weighted by atomic mass is 10.1. The van der Waals surface area contributed by atoms with Crippen molar-refractivity contribution >= 4 is 22.5 Å². The Kier molecular flexibility index (Phi) is 2.11. The number of aryl methyl sites for hydroxylation is 1. The molecule has 68 valence electrons. The van der Waals surface area contributed by atoms with Crippen molar-refractivity contribution < 1.29 is 0 Å². The number of fused-ring (bicyclic) bond motifs is 1. The zero-order valence-electron chi connectivity index (χ0n) is 7.58. The molecule has 0 fully saturated rings. The first kappa shape index (κ1) is 8.98. The SMILES string of the molecule is Cc1cccc2cc(C#N)c(Cl)nc12. The van der Waals surface area contributed by atoms with Crippen LogP contribution in [0.1, 0.15) is 11.1 Å². The van der Waals surface area contributed by atoms with E-state index in [1.165, 1.54) is 0 Å². The Balaban J connectivity index is 2.88. The summed E-state index contributed by atoms with van der Waals surface area (Å²) in [5.41, 5.74) is 2.34. The highest BCUT2D eigenvalue weighted by Crippen LogP contribution is 2.21. The van der Waals surface area contributed by atoms with E-state index >= 15 is 0 Å². The predicted octanol–water partition coefficient (Wildman–Crippen LogP) is 3.07. The number of rotatable bonds is 0. The Labute approximate surface area is 86.8 Å². The van der Waals surface area contributed by atoms with Gasteiger partial charge >= 0.3 is 0 Å². The smallest absolute Gasteiger partial charge is 0.147 e. The zero-order chi connectivity index (χ0) is 10.1. The Morgan fingerprint density at radius 3 is 2.93 bits per heavy atom. The van der Waals surface area contributed by atoms with Gasteiger partial charge < -0.3 is 0 Å². The van der Waals surface area contributed by atoms with E-state index in [9.17, 15) is 0 Å². The van der Waals surface area contributed by atoms with Gasteiger partial charge in [0.15, 0.2) is 0 Å². The van der Waals surface area contributed by atoms with Crippen LogP contribution in [0, 0.1) is 18.3 Å². The van der Waals surface area contributed by atoms with Crippen molar-refractivity contribution in [1.29, 1.82) is 5.26 Å². The summed E-state index contributed by atoms with van der Waals surface area (Å²) in [5, 5.41) is 10.00. The van der Waals surface area contributed by atoms with E-state index in [4.69, 9.17) is 16.9 Å². The van der Waals surface area contributed by atoms with Crippen LogP contribution in [0.2, 0.25) is 5.15 Å². The van der Waals surface area contributed by atoms with Crippen molar-refractivity contribution in [2.24, 2.45) is 0 Å². The first-order chi connectivity index (χ1) is 6.72. The Morgan fingerprint density at radius 1 is 1.43 bits per heavy atom. The molecule has 0 N–H and O–H groups in total. The molecule has 0 aliphatic carbocycles. The van der Waals surface area contributed by atoms with E-state index in [0.29, 0.717) is 5.56 Å². The van der Waals surface area contributed by atoms with Gasteiger partial charge in [0, 0.05) is 5.39 Å². The van der Waals surface area contributed by atoms with Gasteiger partial charge in [-0.1, -0.05) is 29.8 Å². The van der Waals surface area contributed by atoms with Crippen molar-refractivity contribution in [2.75, 3.05) is 0 Å². The van der Waals surface area contributed by atoms with Gasteiger partial charge in [-0.2, -0.15) is 5.26 Å². The number of pyridine rings is 1. The lowest BCUT2D eigenvalue weighted by Crippen LogP contribution is -1.87. The van der Waals surface area contributed by atoms with Gasteiger partial charge in [-0.15, -0.1) is 0 Å². The van der Waals surface area contributed by atoms with Crippen molar-refractivity contribution in [3.8, 4) is 6.07 Å². The molecule has 0 atom stereocenters. The molecule has 0 bridgehead atoms. The Morgan fingerprint density at radius 2 is 2.21 bits per heavy atom. The summed E-state index contributed by atoms with van der Waals surface area (Å²) in [4.78, 5) is 4.19. The third-order valence-electron chi connectivity index (χ3n) is 2.12. The highest BCUT2D eigenvalue weighted by atomic mass is 35.5. The van der Waals surface area contributed by atoms with Crippen LogP contribution < -0.4 is 0 Å². The third kappa shape index (κ3) is 1.32. The van der Waals surface area contributed by atoms with Crippen LogP contribution in [-0.4, -0.2) is 4.98 Å². The van der Waals surface area contributed by atoms with Gasteiger partial charge in [-0.3, -0.25) is 0 Å². The van der Waals surface area contributed by atoms with E-state index in [-0.39, 0.29) is 5.15 Å². The molecule has 0 radical (unpaired) electrons. The molecular weight excluding hydrogens is 196 g/mol. The standard InChI is InChI=1S/C11H7ClN2/c1-7-3-2-4-8-5-9(6-13)11(12)14-10(7)8/h2-5H,1H3. The van der Waals surface area contributed by atoms with E-state index in [1.54, 1.807) is 6.07 Å². The maximum atomic E-state index is 8.77. The van der Waals surface area contributed by atoms with Gasteiger partial charge in [0.05, 0.1) is 11.1 Å². The molecule has 0 aliphatic rings. The minimum Gasteiger partial charge on any atom is -0.234 e. The van der Waals surface area contributed by atoms with Crippen LogP contribution >= 0.6 is 11.6 Å². The topological polar surface area (TPSA) is 36.7 Å². The maximum absolute atomic E-state index is 8.77. The molecule has 1 aromatic heterocycles. The number of halogens is 1. The van der Waals surface area contributed by atoms with E-state index in [0.717, 1.165) is 16.5 Å². The number of hydrogen-bond donors (Lipinski definition) is 0. The third-order valence-corrected chi connectivity index (χ3v) is 2.41. The zero-order valence-corrected chi connectivity index (χ0v) is 8.34. The molecule has 1 heterocycles. The maximum Gasteiger partial charge on any atom is 0.147 e. The largest absolute Gasteiger partial charge is 0.234 e. The summed E-state index contributed by atoms with van der Waals surface area (Å²) in [7, 11) is 0. The minimum absolute atomic E-state index is 0.273. The number of para-hydroxylation sites is 1. The van der Waals surface area contributed by atoms with Crippen molar-refractivity contribution in [1.82, 2.24) is 4.98 Å². The molecule has 0 saturated carbocycles. The van der Waals surface area contributed by atoms with Gasteiger partial charge in [-0.25, -0.2) is 4.98 Å².